The van der Waals surface area contributed by atoms with Gasteiger partial charge in [0.05, 0.1) is 35.7 Å². The van der Waals surface area contributed by atoms with Gasteiger partial charge in [-0.25, -0.2) is 4.79 Å². The number of Topliss-reactive ketones (excluding diaryl/α,β-unsaturated/α-hetero) is 2. The van der Waals surface area contributed by atoms with E-state index >= 15 is 9.59 Å². The van der Waals surface area contributed by atoms with Crippen LogP contribution in [0.2, 0.25) is 36.3 Å². The molecule has 2 bridgehead atoms. The quantitative estimate of drug-likeness (QED) is 0.124. The molecule has 1 N–H and O–H groups in total. The summed E-state index contributed by atoms with van der Waals surface area (Å²) in [5, 5.41) is 13.8. The Labute approximate surface area is 318 Å². The summed E-state index contributed by atoms with van der Waals surface area (Å²) in [5.74, 6) is -5.10. The van der Waals surface area contributed by atoms with Gasteiger partial charge in [-0.15, -0.1) is 0 Å². The topological polar surface area (TPSA) is 135 Å². The highest BCUT2D eigenvalue weighted by Gasteiger charge is 2.79. The van der Waals surface area contributed by atoms with Crippen molar-refractivity contribution in [2.75, 3.05) is 6.61 Å². The van der Waals surface area contributed by atoms with Crippen molar-refractivity contribution in [3.8, 4) is 0 Å². The van der Waals surface area contributed by atoms with Crippen LogP contribution >= 0.6 is 0 Å². The van der Waals surface area contributed by atoms with E-state index in [2.05, 4.69) is 41.5 Å². The molecule has 1 aromatic carbocycles. The molecule has 0 radical (unpaired) electrons. The minimum absolute atomic E-state index is 0.0535. The zero-order valence-electron chi connectivity index (χ0n) is 33.9. The predicted octanol–water partition coefficient (Wildman–Crippen LogP) is 7.28. The van der Waals surface area contributed by atoms with E-state index in [9.17, 15) is 14.7 Å². The first kappa shape index (κ1) is 41.9. The summed E-state index contributed by atoms with van der Waals surface area (Å²) in [5.41, 5.74) is -6.07. The third kappa shape index (κ3) is 6.44. The van der Waals surface area contributed by atoms with Crippen LogP contribution < -0.4 is 0 Å². The second kappa shape index (κ2) is 15.0. The van der Waals surface area contributed by atoms with Gasteiger partial charge in [0.2, 0.25) is 11.6 Å². The molecule has 1 aliphatic heterocycles. The third-order valence-electron chi connectivity index (χ3n) is 14.8. The zero-order chi connectivity index (χ0) is 39.4. The summed E-state index contributed by atoms with van der Waals surface area (Å²) in [6.07, 6.45) is -3.30. The highest BCUT2D eigenvalue weighted by atomic mass is 28.4. The number of aliphatic hydroxyl groups is 1. The van der Waals surface area contributed by atoms with Crippen LogP contribution in [0.5, 0.6) is 0 Å². The Morgan fingerprint density at radius 3 is 1.92 bits per heavy atom. The lowest BCUT2D eigenvalue weighted by Crippen LogP contribution is -2.83. The first-order chi connectivity index (χ1) is 24.9. The summed E-state index contributed by atoms with van der Waals surface area (Å²) in [4.78, 5) is 58.3. The van der Waals surface area contributed by atoms with E-state index in [1.807, 2.05) is 6.92 Å². The van der Waals surface area contributed by atoms with E-state index in [4.69, 9.17) is 23.1 Å². The van der Waals surface area contributed by atoms with Crippen molar-refractivity contribution in [2.24, 2.45) is 28.6 Å². The van der Waals surface area contributed by atoms with Crippen LogP contribution in [-0.2, 0) is 37.4 Å². The smallest absolute Gasteiger partial charge is 0.338 e. The number of hydrogen-bond acceptors (Lipinski definition) is 10. The first-order valence-corrected chi connectivity index (χ1v) is 25.2. The highest BCUT2D eigenvalue weighted by Crippen LogP contribution is 2.65. The molecule has 1 aromatic rings. The second-order valence-corrected chi connectivity index (χ2v) is 26.6. The molecule has 1 heterocycles. The van der Waals surface area contributed by atoms with E-state index in [1.165, 1.54) is 6.92 Å². The number of hydrogen-bond donors (Lipinski definition) is 1. The number of rotatable bonds is 13. The lowest BCUT2D eigenvalue weighted by Gasteiger charge is -2.69. The molecule has 4 aliphatic rings. The Balaban J connectivity index is 1.84. The van der Waals surface area contributed by atoms with Crippen LogP contribution in [0.3, 0.4) is 0 Å². The van der Waals surface area contributed by atoms with Crippen LogP contribution in [0.25, 0.3) is 0 Å². The number of benzene rings is 1. The van der Waals surface area contributed by atoms with Crippen molar-refractivity contribution < 1.29 is 47.3 Å². The van der Waals surface area contributed by atoms with Gasteiger partial charge in [0.1, 0.15) is 17.8 Å². The lowest BCUT2D eigenvalue weighted by molar-refractivity contribution is -0.348. The Morgan fingerprint density at radius 1 is 0.887 bits per heavy atom. The van der Waals surface area contributed by atoms with Crippen LogP contribution in [0.4, 0.5) is 0 Å². The van der Waals surface area contributed by atoms with Gasteiger partial charge in [0.25, 0.3) is 0 Å². The highest BCUT2D eigenvalue weighted by molar-refractivity contribution is 6.74. The molecule has 0 aromatic heterocycles. The standard InChI is InChI=1S/C41H64O10Si2/c1-12-52(13-2,14-3)50-29-24-41(46)36(48-37(45)28-21-19-18-20-22-28)34-39(11,35(44)33(43)32(26(29)7)38(41,9)10)30(51-53(15-4,16-5)17-6)23-31-40(34,25-47-31)49-27(8)42/h18-22,26,29-32,34,36,46H,12-17,23-25H2,1-11H3/t26?,29-,30-,31+,32?,34-,36-,39+,40-,41+/m0/s1. The number of fused-ring (bicyclic) bond motifs is 5. The molecule has 10 nitrogen and oxygen atoms in total. The molecular weight excluding hydrogens is 709 g/mol. The molecule has 3 saturated carbocycles. The van der Waals surface area contributed by atoms with E-state index in [-0.39, 0.29) is 25.0 Å². The summed E-state index contributed by atoms with van der Waals surface area (Å²) in [6.45, 7) is 21.2. The van der Waals surface area contributed by atoms with Gasteiger partial charge < -0.3 is 28.2 Å². The Kier molecular flexibility index (Phi) is 11.9. The van der Waals surface area contributed by atoms with Crippen molar-refractivity contribution in [1.29, 1.82) is 0 Å². The average Bonchev–Trinajstić information content (AvgIpc) is 3.13. The predicted molar refractivity (Wildman–Crippen MR) is 206 cm³/mol. The van der Waals surface area contributed by atoms with Gasteiger partial charge in [0, 0.05) is 31.1 Å². The van der Waals surface area contributed by atoms with Crippen molar-refractivity contribution >= 4 is 40.1 Å². The number of ketones is 2. The monoisotopic (exact) mass is 772 g/mol. The maximum absolute atomic E-state index is 15.6. The Bertz CT molecular complexity index is 1530. The molecule has 5 rings (SSSR count). The maximum atomic E-state index is 15.6. The fourth-order valence-electron chi connectivity index (χ4n) is 10.8. The summed E-state index contributed by atoms with van der Waals surface area (Å²) in [6, 6.07) is 13.5. The molecule has 12 heteroatoms. The van der Waals surface area contributed by atoms with Gasteiger partial charge in [0.15, 0.2) is 22.2 Å². The Morgan fingerprint density at radius 2 is 1.43 bits per heavy atom. The van der Waals surface area contributed by atoms with Gasteiger partial charge >= 0.3 is 11.9 Å². The molecular formula is C41H64O10Si2. The lowest BCUT2D eigenvalue weighted by atomic mass is 9.42. The molecule has 2 unspecified atom stereocenters. The minimum atomic E-state index is -2.45. The van der Waals surface area contributed by atoms with Gasteiger partial charge in [-0.1, -0.05) is 80.5 Å². The Hall–Kier alpha value is -2.23. The van der Waals surface area contributed by atoms with E-state index < -0.39 is 104 Å². The zero-order valence-corrected chi connectivity index (χ0v) is 35.9. The van der Waals surface area contributed by atoms with Crippen LogP contribution in [0.1, 0.15) is 99.4 Å². The molecule has 296 valence electrons. The second-order valence-electron chi connectivity index (χ2n) is 17.2. The number of esters is 2. The van der Waals surface area contributed by atoms with E-state index in [0.717, 1.165) is 36.3 Å². The fraction of sp³-hybridized carbons (Fsp3) is 0.756. The van der Waals surface area contributed by atoms with Gasteiger partial charge in [-0.05, 0) is 61.2 Å². The molecule has 4 fully saturated rings. The van der Waals surface area contributed by atoms with Crippen LogP contribution in [-0.4, -0.2) is 87.5 Å². The molecule has 0 spiro atoms. The van der Waals surface area contributed by atoms with Crippen molar-refractivity contribution in [1.82, 2.24) is 0 Å². The molecule has 0 amide bonds. The number of carbonyl (C=O) groups excluding carboxylic acids is 4. The molecule has 10 atom stereocenters. The van der Waals surface area contributed by atoms with Crippen LogP contribution in [0, 0.1) is 28.6 Å². The molecule has 1 saturated heterocycles. The largest absolute Gasteiger partial charge is 0.455 e. The minimum Gasteiger partial charge on any atom is -0.455 e. The van der Waals surface area contributed by atoms with Crippen molar-refractivity contribution in [3.63, 3.8) is 0 Å². The van der Waals surface area contributed by atoms with Crippen molar-refractivity contribution in [3.05, 3.63) is 35.9 Å². The van der Waals surface area contributed by atoms with E-state index in [1.54, 1.807) is 51.1 Å². The third-order valence-corrected chi connectivity index (χ3v) is 24.2. The van der Waals surface area contributed by atoms with Crippen molar-refractivity contribution in [2.45, 2.75) is 161 Å². The molecule has 53 heavy (non-hydrogen) atoms. The van der Waals surface area contributed by atoms with Gasteiger partial charge in [-0.3, -0.25) is 14.4 Å². The average molecular weight is 773 g/mol. The summed E-state index contributed by atoms with van der Waals surface area (Å²) in [7, 11) is -4.77. The normalized spacial score (nSPS) is 36.6. The first-order valence-electron chi connectivity index (χ1n) is 20.1. The van der Waals surface area contributed by atoms with Crippen LogP contribution in [0.15, 0.2) is 30.3 Å². The molecule has 3 aliphatic carbocycles. The summed E-state index contributed by atoms with van der Waals surface area (Å²) < 4.78 is 33.5. The fourth-order valence-corrected chi connectivity index (χ4v) is 16.7. The number of carbonyl (C=O) groups is 4. The SMILES string of the molecule is CC[Si](CC)(CC)O[C@H]1C[C@@]2(O)[C@@H](OC(=O)c3ccccc3)[C@@H]3[C@]4(OC(C)=O)CO[C@@H]4C[C@H](O[Si](CC)(CC)CC)[C@@]3(C)C(=O)C(=O)C(C1C)C2(C)C. The van der Waals surface area contributed by atoms with Gasteiger partial charge in [-0.2, -0.15) is 0 Å². The summed E-state index contributed by atoms with van der Waals surface area (Å²) >= 11 is 0. The van der Waals surface area contributed by atoms with E-state index in [0.29, 0.717) is 0 Å². The number of ether oxygens (including phenoxy) is 3. The maximum Gasteiger partial charge on any atom is 0.338 e.